The molecule has 2 nitrogen and oxygen atoms in total. The first-order valence-corrected chi connectivity index (χ1v) is 2.15. The molecule has 0 bridgehead atoms. The van der Waals surface area contributed by atoms with Crippen LogP contribution in [0.25, 0.3) is 0 Å². The third kappa shape index (κ3) is 3.22. The highest BCUT2D eigenvalue weighted by Crippen LogP contribution is 1.77. The fraction of sp³-hybridized carbons (Fsp3) is 0.750. The number of hydrazone groups is 1. The van der Waals surface area contributed by atoms with Gasteiger partial charge in [-0.1, -0.05) is 0 Å². The molecular formula is C4H9FN2. The van der Waals surface area contributed by atoms with Gasteiger partial charge in [0.15, 0.2) is 6.47 Å². The molecule has 0 rings (SSSR count). The Morgan fingerprint density at radius 2 is 2.43 bits per heavy atom. The molecule has 0 unspecified atom stereocenters. The molecule has 7 heavy (non-hydrogen) atoms. The largest absolute Gasteiger partial charge is 0.298 e. The fourth-order valence-electron chi connectivity index (χ4n) is 0.156. The molecular weight excluding hydrogens is 95.1 g/mol. The maximum Gasteiger partial charge on any atom is 0.195 e. The van der Waals surface area contributed by atoms with E-state index in [1.807, 2.05) is 6.92 Å². The van der Waals surface area contributed by atoms with Crippen LogP contribution in [0, 0.1) is 0 Å². The summed E-state index contributed by atoms with van der Waals surface area (Å²) in [5, 5.41) is 4.78. The molecule has 0 aromatic rings. The molecule has 0 saturated carbocycles. The van der Waals surface area contributed by atoms with Crippen LogP contribution in [-0.2, 0) is 0 Å². The highest BCUT2D eigenvalue weighted by atomic mass is 19.1. The van der Waals surface area contributed by atoms with Gasteiger partial charge in [0.2, 0.25) is 0 Å². The standard InChI is InChI=1S/C4H9FN2/c1-3-7(2)6-4-5/h4H,3H2,1-2H3/b6-4+. The number of hydrogen-bond donors (Lipinski definition) is 0. The average Bonchev–Trinajstić information content (AvgIpc) is 1.68. The van der Waals surface area contributed by atoms with Crippen LogP contribution in [0.2, 0.25) is 0 Å². The predicted molar refractivity (Wildman–Crippen MR) is 27.9 cm³/mol. The predicted octanol–water partition coefficient (Wildman–Crippen LogP) is 0.851. The van der Waals surface area contributed by atoms with Gasteiger partial charge in [0.05, 0.1) is 0 Å². The third-order valence-electron chi connectivity index (χ3n) is 0.698. The van der Waals surface area contributed by atoms with Gasteiger partial charge in [-0.05, 0) is 6.92 Å². The Labute approximate surface area is 42.6 Å². The summed E-state index contributed by atoms with van der Waals surface area (Å²) in [5.41, 5.74) is 0. The first-order chi connectivity index (χ1) is 3.31. The van der Waals surface area contributed by atoms with Crippen LogP contribution in [0.1, 0.15) is 6.92 Å². The van der Waals surface area contributed by atoms with E-state index in [0.717, 1.165) is 6.54 Å². The minimum Gasteiger partial charge on any atom is -0.298 e. The summed E-state index contributed by atoms with van der Waals surface area (Å²) in [5.74, 6) is 0. The SMILES string of the molecule is CCN(C)/N=C/F. The maximum absolute atomic E-state index is 11.1. The van der Waals surface area contributed by atoms with Crippen LogP contribution in [0.15, 0.2) is 5.10 Å². The van der Waals surface area contributed by atoms with E-state index in [1.165, 1.54) is 5.01 Å². The molecule has 0 aromatic heterocycles. The molecule has 0 saturated heterocycles. The van der Waals surface area contributed by atoms with Crippen LogP contribution in [0.4, 0.5) is 4.39 Å². The Morgan fingerprint density at radius 3 is 2.57 bits per heavy atom. The molecule has 0 atom stereocenters. The Hall–Kier alpha value is -0.600. The van der Waals surface area contributed by atoms with Gasteiger partial charge < -0.3 is 0 Å². The molecule has 42 valence electrons. The van der Waals surface area contributed by atoms with E-state index in [0.29, 0.717) is 0 Å². The molecule has 0 aliphatic rings. The molecule has 0 aliphatic carbocycles. The summed E-state index contributed by atoms with van der Waals surface area (Å²) in [6.45, 7) is 2.91. The number of halogens is 1. The minimum atomic E-state index is 0.281. The molecule has 0 fully saturated rings. The van der Waals surface area contributed by atoms with Gasteiger partial charge in [-0.15, -0.1) is 0 Å². The van der Waals surface area contributed by atoms with E-state index in [2.05, 4.69) is 5.10 Å². The first kappa shape index (κ1) is 6.40. The lowest BCUT2D eigenvalue weighted by Gasteiger charge is -2.04. The van der Waals surface area contributed by atoms with Gasteiger partial charge >= 0.3 is 0 Å². The summed E-state index contributed by atoms with van der Waals surface area (Å²) in [6.07, 6.45) is 0. The minimum absolute atomic E-state index is 0.281. The van der Waals surface area contributed by atoms with Crippen LogP contribution in [0.3, 0.4) is 0 Å². The molecule has 3 heteroatoms. The lowest BCUT2D eigenvalue weighted by Crippen LogP contribution is -2.08. The first-order valence-electron chi connectivity index (χ1n) is 2.15. The van der Waals surface area contributed by atoms with Gasteiger partial charge in [-0.3, -0.25) is 5.01 Å². The van der Waals surface area contributed by atoms with Crippen molar-refractivity contribution in [3.63, 3.8) is 0 Å². The zero-order valence-corrected chi connectivity index (χ0v) is 4.56. The second kappa shape index (κ2) is 3.59. The van der Waals surface area contributed by atoms with E-state index < -0.39 is 0 Å². The Morgan fingerprint density at radius 1 is 1.86 bits per heavy atom. The van der Waals surface area contributed by atoms with Crippen LogP contribution in [0.5, 0.6) is 0 Å². The molecule has 0 aliphatic heterocycles. The maximum atomic E-state index is 11.1. The van der Waals surface area contributed by atoms with Gasteiger partial charge in [0.1, 0.15) is 0 Å². The van der Waals surface area contributed by atoms with Crippen LogP contribution in [-0.4, -0.2) is 25.1 Å². The average molecular weight is 104 g/mol. The van der Waals surface area contributed by atoms with Crippen molar-refractivity contribution in [1.29, 1.82) is 0 Å². The number of rotatable bonds is 2. The zero-order valence-electron chi connectivity index (χ0n) is 4.56. The molecule has 0 aromatic carbocycles. The van der Waals surface area contributed by atoms with Gasteiger partial charge in [0.25, 0.3) is 0 Å². The fourth-order valence-corrected chi connectivity index (χ4v) is 0.156. The molecule has 0 N–H and O–H groups in total. The Bertz CT molecular complexity index is 62.7. The summed E-state index contributed by atoms with van der Waals surface area (Å²) in [6, 6.07) is 0. The van der Waals surface area contributed by atoms with Crippen molar-refractivity contribution in [1.82, 2.24) is 5.01 Å². The highest BCUT2D eigenvalue weighted by Gasteiger charge is 1.78. The second-order valence-corrected chi connectivity index (χ2v) is 1.19. The topological polar surface area (TPSA) is 15.6 Å². The van der Waals surface area contributed by atoms with Crippen LogP contribution < -0.4 is 0 Å². The molecule has 0 spiro atoms. The molecule has 0 amide bonds. The monoisotopic (exact) mass is 104 g/mol. The van der Waals surface area contributed by atoms with Crippen LogP contribution >= 0.6 is 0 Å². The van der Waals surface area contributed by atoms with E-state index >= 15 is 0 Å². The van der Waals surface area contributed by atoms with Crippen molar-refractivity contribution in [2.45, 2.75) is 6.92 Å². The Kier molecular flexibility index (Phi) is 3.28. The normalized spacial score (nSPS) is 10.1. The number of nitrogens with zero attached hydrogens (tertiary/aromatic N) is 2. The summed E-state index contributed by atoms with van der Waals surface area (Å²) in [4.78, 5) is 0. The quantitative estimate of drug-likeness (QED) is 0.374. The van der Waals surface area contributed by atoms with Crippen molar-refractivity contribution >= 4 is 6.47 Å². The lowest BCUT2D eigenvalue weighted by molar-refractivity contribution is 0.372. The second-order valence-electron chi connectivity index (χ2n) is 1.19. The smallest absolute Gasteiger partial charge is 0.195 e. The van der Waals surface area contributed by atoms with E-state index in [9.17, 15) is 4.39 Å². The Balaban J connectivity index is 3.16. The molecule has 0 heterocycles. The summed E-state index contributed by atoms with van der Waals surface area (Å²) in [7, 11) is 1.70. The lowest BCUT2D eigenvalue weighted by atomic mass is 10.7. The summed E-state index contributed by atoms with van der Waals surface area (Å²) < 4.78 is 11.1. The third-order valence-corrected chi connectivity index (χ3v) is 0.698. The van der Waals surface area contributed by atoms with Crippen molar-refractivity contribution < 1.29 is 4.39 Å². The van der Waals surface area contributed by atoms with E-state index in [1.54, 1.807) is 7.05 Å². The van der Waals surface area contributed by atoms with E-state index in [4.69, 9.17) is 0 Å². The van der Waals surface area contributed by atoms with Gasteiger partial charge in [-0.25, -0.2) is 0 Å². The van der Waals surface area contributed by atoms with Crippen molar-refractivity contribution in [2.75, 3.05) is 13.6 Å². The molecule has 0 radical (unpaired) electrons. The zero-order chi connectivity index (χ0) is 5.70. The van der Waals surface area contributed by atoms with Gasteiger partial charge in [0, 0.05) is 13.6 Å². The van der Waals surface area contributed by atoms with Gasteiger partial charge in [-0.2, -0.15) is 9.49 Å². The highest BCUT2D eigenvalue weighted by molar-refractivity contribution is 5.43. The number of hydrogen-bond acceptors (Lipinski definition) is 2. The van der Waals surface area contributed by atoms with Crippen molar-refractivity contribution in [3.8, 4) is 0 Å². The summed E-state index contributed by atoms with van der Waals surface area (Å²) >= 11 is 0. The van der Waals surface area contributed by atoms with E-state index in [-0.39, 0.29) is 6.47 Å². The van der Waals surface area contributed by atoms with Crippen molar-refractivity contribution in [2.24, 2.45) is 5.10 Å². The van der Waals surface area contributed by atoms with Crippen molar-refractivity contribution in [3.05, 3.63) is 0 Å².